The third-order valence-corrected chi connectivity index (χ3v) is 12.2. The summed E-state index contributed by atoms with van der Waals surface area (Å²) < 4.78 is 9.50. The first-order valence-electron chi connectivity index (χ1n) is 20.8. The van der Waals surface area contributed by atoms with Crippen molar-refractivity contribution in [3.63, 3.8) is 0 Å². The van der Waals surface area contributed by atoms with Crippen LogP contribution in [0.3, 0.4) is 0 Å². The van der Waals surface area contributed by atoms with Gasteiger partial charge < -0.3 is 13.9 Å². The van der Waals surface area contributed by atoms with Crippen molar-refractivity contribution in [1.29, 1.82) is 0 Å². The van der Waals surface area contributed by atoms with E-state index in [4.69, 9.17) is 4.42 Å². The standard InChI is InChI=1S/C58H38N2O/c1-3-14-39(15-4-1)40-26-32-45(33-27-40)59(55-25-13-22-51-56-48-19-8-7-18-44(48)38-52(58(56)61-57(51)55)43-16-5-2-6-17-43)46-34-28-41(29-35-46)42-30-36-47(37-31-42)60-53-23-11-9-20-49(53)50-21-10-12-24-54(50)60/h1-38H. The summed E-state index contributed by atoms with van der Waals surface area (Å²) in [5, 5.41) is 7.12. The minimum absolute atomic E-state index is 0.850. The van der Waals surface area contributed by atoms with Crippen LogP contribution in [0.25, 0.3) is 93.6 Å². The molecule has 0 aliphatic heterocycles. The lowest BCUT2D eigenvalue weighted by molar-refractivity contribution is 0.670. The predicted octanol–water partition coefficient (Wildman–Crippen LogP) is 16.3. The van der Waals surface area contributed by atoms with Gasteiger partial charge in [0.05, 0.1) is 16.7 Å². The Hall–Kier alpha value is -8.14. The van der Waals surface area contributed by atoms with E-state index in [1.807, 2.05) is 0 Å². The summed E-state index contributed by atoms with van der Waals surface area (Å²) in [5.74, 6) is 0. The van der Waals surface area contributed by atoms with Crippen LogP contribution in [0.4, 0.5) is 17.1 Å². The molecule has 0 aliphatic carbocycles. The zero-order chi connectivity index (χ0) is 40.3. The first kappa shape index (κ1) is 34.9. The lowest BCUT2D eigenvalue weighted by Crippen LogP contribution is -2.10. The molecule has 2 aromatic heterocycles. The highest BCUT2D eigenvalue weighted by molar-refractivity contribution is 6.24. The van der Waals surface area contributed by atoms with Crippen LogP contribution in [0.1, 0.15) is 0 Å². The summed E-state index contributed by atoms with van der Waals surface area (Å²) in [6.45, 7) is 0. The third kappa shape index (κ3) is 5.82. The van der Waals surface area contributed by atoms with Crippen molar-refractivity contribution >= 4 is 71.6 Å². The third-order valence-electron chi connectivity index (χ3n) is 12.2. The number of hydrogen-bond acceptors (Lipinski definition) is 2. The molecule has 286 valence electrons. The van der Waals surface area contributed by atoms with E-state index >= 15 is 0 Å². The van der Waals surface area contributed by atoms with E-state index < -0.39 is 0 Å². The van der Waals surface area contributed by atoms with Crippen LogP contribution in [0, 0.1) is 0 Å². The highest BCUT2D eigenvalue weighted by atomic mass is 16.3. The lowest BCUT2D eigenvalue weighted by atomic mass is 9.96. The van der Waals surface area contributed by atoms with Gasteiger partial charge in [-0.15, -0.1) is 0 Å². The Morgan fingerprint density at radius 1 is 0.344 bits per heavy atom. The van der Waals surface area contributed by atoms with Crippen LogP contribution < -0.4 is 4.90 Å². The molecule has 0 saturated carbocycles. The van der Waals surface area contributed by atoms with E-state index in [1.54, 1.807) is 0 Å². The summed E-state index contributed by atoms with van der Waals surface area (Å²) in [5.41, 5.74) is 15.3. The molecule has 0 amide bonds. The van der Waals surface area contributed by atoms with Crippen molar-refractivity contribution in [3.8, 4) is 39.1 Å². The van der Waals surface area contributed by atoms with Gasteiger partial charge in [0.2, 0.25) is 0 Å². The zero-order valence-corrected chi connectivity index (χ0v) is 33.2. The van der Waals surface area contributed by atoms with Gasteiger partial charge in [-0.3, -0.25) is 0 Å². The quantitative estimate of drug-likeness (QED) is 0.161. The maximum Gasteiger partial charge on any atom is 0.159 e. The fourth-order valence-electron chi connectivity index (χ4n) is 9.31. The maximum absolute atomic E-state index is 7.14. The van der Waals surface area contributed by atoms with Crippen molar-refractivity contribution in [2.45, 2.75) is 0 Å². The summed E-state index contributed by atoms with van der Waals surface area (Å²) in [6.07, 6.45) is 0. The normalized spacial score (nSPS) is 11.6. The summed E-state index contributed by atoms with van der Waals surface area (Å²) in [4.78, 5) is 2.33. The van der Waals surface area contributed by atoms with Gasteiger partial charge in [0.25, 0.3) is 0 Å². The summed E-state index contributed by atoms with van der Waals surface area (Å²) >= 11 is 0. The van der Waals surface area contributed by atoms with Crippen molar-refractivity contribution < 1.29 is 4.42 Å². The number of anilines is 3. The summed E-state index contributed by atoms with van der Waals surface area (Å²) in [6, 6.07) is 82.6. The predicted molar refractivity (Wildman–Crippen MR) is 257 cm³/mol. The molecular weight excluding hydrogens is 741 g/mol. The molecule has 0 unspecified atom stereocenters. The number of para-hydroxylation sites is 3. The molecule has 61 heavy (non-hydrogen) atoms. The first-order chi connectivity index (χ1) is 30.3. The van der Waals surface area contributed by atoms with Crippen LogP contribution in [-0.2, 0) is 0 Å². The van der Waals surface area contributed by atoms with E-state index in [2.05, 4.69) is 240 Å². The number of aromatic nitrogens is 1. The highest BCUT2D eigenvalue weighted by Crippen LogP contribution is 2.47. The van der Waals surface area contributed by atoms with E-state index in [0.29, 0.717) is 0 Å². The Bertz CT molecular complexity index is 3490. The molecule has 3 nitrogen and oxygen atoms in total. The fraction of sp³-hybridized carbons (Fsp3) is 0. The highest BCUT2D eigenvalue weighted by Gasteiger charge is 2.23. The van der Waals surface area contributed by atoms with E-state index in [-0.39, 0.29) is 0 Å². The second-order valence-electron chi connectivity index (χ2n) is 15.7. The SMILES string of the molecule is c1ccc(-c2ccc(N(c3ccc(-c4ccc(-n5c6ccccc6c6ccccc65)cc4)cc3)c3cccc4c3oc3c(-c5ccccc5)cc5ccccc5c34)cc2)cc1. The molecule has 0 radical (unpaired) electrons. The Balaban J connectivity index is 0.990. The molecule has 12 aromatic rings. The van der Waals surface area contributed by atoms with Crippen molar-refractivity contribution in [2.24, 2.45) is 0 Å². The monoisotopic (exact) mass is 778 g/mol. The van der Waals surface area contributed by atoms with Crippen LogP contribution in [-0.4, -0.2) is 4.57 Å². The second-order valence-corrected chi connectivity index (χ2v) is 15.7. The van der Waals surface area contributed by atoms with Crippen LogP contribution in [0.2, 0.25) is 0 Å². The van der Waals surface area contributed by atoms with Crippen molar-refractivity contribution in [1.82, 2.24) is 4.57 Å². The largest absolute Gasteiger partial charge is 0.453 e. The molecule has 0 spiro atoms. The Morgan fingerprint density at radius 2 is 0.820 bits per heavy atom. The van der Waals surface area contributed by atoms with Crippen LogP contribution in [0.15, 0.2) is 235 Å². The number of fused-ring (bicyclic) bond motifs is 8. The lowest BCUT2D eigenvalue weighted by Gasteiger charge is -2.26. The fourth-order valence-corrected chi connectivity index (χ4v) is 9.31. The van der Waals surface area contributed by atoms with Gasteiger partial charge in [-0.1, -0.05) is 170 Å². The average molecular weight is 779 g/mol. The summed E-state index contributed by atoms with van der Waals surface area (Å²) in [7, 11) is 0. The number of furan rings is 1. The Labute approximate surface area is 353 Å². The molecule has 0 atom stereocenters. The molecule has 0 aliphatic rings. The number of rotatable bonds is 7. The average Bonchev–Trinajstić information content (AvgIpc) is 3.90. The molecule has 10 aromatic carbocycles. The van der Waals surface area contributed by atoms with Gasteiger partial charge in [-0.25, -0.2) is 0 Å². The van der Waals surface area contributed by atoms with Gasteiger partial charge in [0, 0.05) is 44.2 Å². The molecule has 3 heteroatoms. The van der Waals surface area contributed by atoms with Gasteiger partial charge in [0.1, 0.15) is 5.58 Å². The smallest absolute Gasteiger partial charge is 0.159 e. The van der Waals surface area contributed by atoms with Gasteiger partial charge in [-0.05, 0) is 99.3 Å². The first-order valence-corrected chi connectivity index (χ1v) is 20.8. The zero-order valence-electron chi connectivity index (χ0n) is 33.2. The number of benzene rings is 10. The van der Waals surface area contributed by atoms with Crippen molar-refractivity contribution in [3.05, 3.63) is 231 Å². The molecule has 0 N–H and O–H groups in total. The molecular formula is C58H38N2O. The Morgan fingerprint density at radius 3 is 1.43 bits per heavy atom. The molecule has 12 rings (SSSR count). The molecule has 0 fully saturated rings. The van der Waals surface area contributed by atoms with Crippen LogP contribution in [0.5, 0.6) is 0 Å². The number of hydrogen-bond donors (Lipinski definition) is 0. The van der Waals surface area contributed by atoms with Crippen molar-refractivity contribution in [2.75, 3.05) is 4.90 Å². The van der Waals surface area contributed by atoms with Crippen LogP contribution >= 0.6 is 0 Å². The maximum atomic E-state index is 7.14. The van der Waals surface area contributed by atoms with E-state index in [1.165, 1.54) is 43.7 Å². The van der Waals surface area contributed by atoms with Gasteiger partial charge in [0.15, 0.2) is 5.58 Å². The molecule has 0 saturated heterocycles. The number of nitrogens with zero attached hydrogens (tertiary/aromatic N) is 2. The minimum atomic E-state index is 0.850. The van der Waals surface area contributed by atoms with E-state index in [0.717, 1.165) is 66.9 Å². The Kier molecular flexibility index (Phi) is 8.17. The minimum Gasteiger partial charge on any atom is -0.453 e. The van der Waals surface area contributed by atoms with Gasteiger partial charge >= 0.3 is 0 Å². The topological polar surface area (TPSA) is 21.3 Å². The molecule has 0 bridgehead atoms. The van der Waals surface area contributed by atoms with E-state index in [9.17, 15) is 0 Å². The van der Waals surface area contributed by atoms with Gasteiger partial charge in [-0.2, -0.15) is 0 Å². The molecule has 2 heterocycles. The second kappa shape index (κ2) is 14.3.